The molecule has 0 radical (unpaired) electrons. The van der Waals surface area contributed by atoms with E-state index in [0.717, 1.165) is 17.7 Å². The first-order valence-electron chi connectivity index (χ1n) is 8.07. The van der Waals surface area contributed by atoms with Crippen molar-refractivity contribution in [3.05, 3.63) is 58.6 Å². The van der Waals surface area contributed by atoms with Gasteiger partial charge in [-0.05, 0) is 48.4 Å². The first-order chi connectivity index (χ1) is 12.6. The van der Waals surface area contributed by atoms with Gasteiger partial charge in [-0.2, -0.15) is 5.26 Å². The number of methoxy groups -OCH3 is 1. The smallest absolute Gasteiger partial charge is 0.266 e. The molecular weight excluding hydrogens is 352 g/mol. The van der Waals surface area contributed by atoms with Crippen LogP contribution in [0.2, 0.25) is 5.02 Å². The van der Waals surface area contributed by atoms with Crippen LogP contribution in [0.5, 0.6) is 11.5 Å². The molecule has 0 saturated carbocycles. The van der Waals surface area contributed by atoms with Crippen LogP contribution in [0.3, 0.4) is 0 Å². The maximum absolute atomic E-state index is 12.3. The first kappa shape index (κ1) is 19.4. The molecule has 0 aliphatic carbocycles. The van der Waals surface area contributed by atoms with Crippen molar-refractivity contribution >= 4 is 29.3 Å². The van der Waals surface area contributed by atoms with Crippen molar-refractivity contribution in [3.63, 3.8) is 0 Å². The molecule has 2 aromatic rings. The highest BCUT2D eigenvalue weighted by atomic mass is 35.5. The number of nitrogens with one attached hydrogen (secondary N) is 1. The van der Waals surface area contributed by atoms with Crippen LogP contribution in [0.25, 0.3) is 6.08 Å². The molecule has 0 aliphatic heterocycles. The highest BCUT2D eigenvalue weighted by molar-refractivity contribution is 6.32. The van der Waals surface area contributed by atoms with Gasteiger partial charge in [0.2, 0.25) is 0 Å². The predicted molar refractivity (Wildman–Crippen MR) is 102 cm³/mol. The lowest BCUT2D eigenvalue weighted by Crippen LogP contribution is -2.13. The number of halogens is 1. The Hall–Kier alpha value is -2.97. The van der Waals surface area contributed by atoms with Gasteiger partial charge in [0.25, 0.3) is 5.91 Å². The van der Waals surface area contributed by atoms with E-state index in [2.05, 4.69) is 5.32 Å². The molecule has 2 rings (SSSR count). The van der Waals surface area contributed by atoms with E-state index in [9.17, 15) is 10.1 Å². The van der Waals surface area contributed by atoms with E-state index in [4.69, 9.17) is 21.1 Å². The van der Waals surface area contributed by atoms with Gasteiger partial charge < -0.3 is 14.8 Å². The molecule has 0 bridgehead atoms. The Kier molecular flexibility index (Phi) is 7.07. The summed E-state index contributed by atoms with van der Waals surface area (Å²) in [5, 5.41) is 12.3. The quantitative estimate of drug-likeness (QED) is 0.567. The van der Waals surface area contributed by atoms with E-state index in [-0.39, 0.29) is 5.57 Å². The second-order valence-electron chi connectivity index (χ2n) is 5.39. The lowest BCUT2D eigenvalue weighted by atomic mass is 10.1. The van der Waals surface area contributed by atoms with Crippen LogP contribution in [0.1, 0.15) is 18.9 Å². The number of nitrogens with zero attached hydrogens (tertiary/aromatic N) is 1. The standard InChI is InChI=1S/C20H19ClN2O3/c1-3-10-26-17-7-4-14(5-8-17)11-15(13-22)20(24)23-16-6-9-19(25-2)18(21)12-16/h4-9,11-12H,3,10H2,1-2H3,(H,23,24)/b15-11+. The number of benzene rings is 2. The molecular formula is C20H19ClN2O3. The minimum Gasteiger partial charge on any atom is -0.495 e. The summed E-state index contributed by atoms with van der Waals surface area (Å²) < 4.78 is 10.6. The first-order valence-corrected chi connectivity index (χ1v) is 8.44. The number of nitriles is 1. The summed E-state index contributed by atoms with van der Waals surface area (Å²) in [4.78, 5) is 12.3. The van der Waals surface area contributed by atoms with Crippen molar-refractivity contribution in [2.75, 3.05) is 19.0 Å². The van der Waals surface area contributed by atoms with Crippen LogP contribution in [0.15, 0.2) is 48.0 Å². The summed E-state index contributed by atoms with van der Waals surface area (Å²) in [6.45, 7) is 2.68. The van der Waals surface area contributed by atoms with Gasteiger partial charge in [-0.15, -0.1) is 0 Å². The summed E-state index contributed by atoms with van der Waals surface area (Å²) in [5.74, 6) is 0.742. The third-order valence-electron chi connectivity index (χ3n) is 3.44. The van der Waals surface area contributed by atoms with Crippen LogP contribution in [0, 0.1) is 11.3 Å². The lowest BCUT2D eigenvalue weighted by molar-refractivity contribution is -0.112. The van der Waals surface area contributed by atoms with Gasteiger partial charge in [0.1, 0.15) is 23.1 Å². The maximum Gasteiger partial charge on any atom is 0.266 e. The number of hydrogen-bond donors (Lipinski definition) is 1. The molecule has 26 heavy (non-hydrogen) atoms. The number of carbonyl (C=O) groups excluding carboxylic acids is 1. The van der Waals surface area contributed by atoms with Gasteiger partial charge in [0.05, 0.1) is 18.7 Å². The average Bonchev–Trinajstić information content (AvgIpc) is 2.65. The molecule has 1 amide bonds. The zero-order chi connectivity index (χ0) is 18.9. The molecule has 0 aromatic heterocycles. The van der Waals surface area contributed by atoms with Crippen LogP contribution in [0.4, 0.5) is 5.69 Å². The van der Waals surface area contributed by atoms with E-state index in [1.165, 1.54) is 13.2 Å². The number of rotatable bonds is 7. The normalized spacial score (nSPS) is 10.8. The van der Waals surface area contributed by atoms with E-state index in [1.807, 2.05) is 13.0 Å². The summed E-state index contributed by atoms with van der Waals surface area (Å²) in [6.07, 6.45) is 2.44. The summed E-state index contributed by atoms with van der Waals surface area (Å²) in [7, 11) is 1.51. The van der Waals surface area contributed by atoms with Gasteiger partial charge in [0, 0.05) is 5.69 Å². The van der Waals surface area contributed by atoms with E-state index in [0.29, 0.717) is 23.1 Å². The monoisotopic (exact) mass is 370 g/mol. The Balaban J connectivity index is 2.11. The summed E-state index contributed by atoms with van der Waals surface area (Å²) in [6, 6.07) is 14.0. The second-order valence-corrected chi connectivity index (χ2v) is 5.80. The third-order valence-corrected chi connectivity index (χ3v) is 3.73. The van der Waals surface area contributed by atoms with Crippen LogP contribution in [-0.2, 0) is 4.79 Å². The predicted octanol–water partition coefficient (Wildman–Crippen LogP) is 4.68. The number of hydrogen-bond acceptors (Lipinski definition) is 4. The van der Waals surface area contributed by atoms with Crippen molar-refractivity contribution in [3.8, 4) is 17.6 Å². The molecule has 5 nitrogen and oxygen atoms in total. The molecule has 0 fully saturated rings. The van der Waals surface area contributed by atoms with Crippen molar-refractivity contribution in [1.82, 2.24) is 0 Å². The maximum atomic E-state index is 12.3. The molecule has 0 atom stereocenters. The van der Waals surface area contributed by atoms with Crippen LogP contribution < -0.4 is 14.8 Å². The van der Waals surface area contributed by atoms with Crippen molar-refractivity contribution < 1.29 is 14.3 Å². The fourth-order valence-electron chi connectivity index (χ4n) is 2.14. The van der Waals surface area contributed by atoms with E-state index in [1.54, 1.807) is 42.5 Å². The zero-order valence-electron chi connectivity index (χ0n) is 14.6. The topological polar surface area (TPSA) is 71.3 Å². The van der Waals surface area contributed by atoms with Gasteiger partial charge in [-0.3, -0.25) is 4.79 Å². The van der Waals surface area contributed by atoms with E-state index < -0.39 is 5.91 Å². The summed E-state index contributed by atoms with van der Waals surface area (Å²) in [5.41, 5.74) is 1.19. The third kappa shape index (κ3) is 5.27. The number of amides is 1. The van der Waals surface area contributed by atoms with Crippen molar-refractivity contribution in [1.29, 1.82) is 5.26 Å². The van der Waals surface area contributed by atoms with Gasteiger partial charge >= 0.3 is 0 Å². The molecule has 2 aromatic carbocycles. The molecule has 0 heterocycles. The Labute approximate surface area is 157 Å². The molecule has 0 saturated heterocycles. The Morgan fingerprint density at radius 2 is 2.00 bits per heavy atom. The van der Waals surface area contributed by atoms with E-state index >= 15 is 0 Å². The van der Waals surface area contributed by atoms with Gasteiger partial charge in [0.15, 0.2) is 0 Å². The van der Waals surface area contributed by atoms with Crippen molar-refractivity contribution in [2.24, 2.45) is 0 Å². The SMILES string of the molecule is CCCOc1ccc(/C=C(\C#N)C(=O)Nc2ccc(OC)c(Cl)c2)cc1. The Bertz CT molecular complexity index is 839. The highest BCUT2D eigenvalue weighted by Crippen LogP contribution is 2.27. The van der Waals surface area contributed by atoms with Crippen molar-refractivity contribution in [2.45, 2.75) is 13.3 Å². The average molecular weight is 371 g/mol. The molecule has 0 spiro atoms. The van der Waals surface area contributed by atoms with Crippen LogP contribution >= 0.6 is 11.6 Å². The highest BCUT2D eigenvalue weighted by Gasteiger charge is 2.11. The van der Waals surface area contributed by atoms with Gasteiger partial charge in [-0.25, -0.2) is 0 Å². The molecule has 0 unspecified atom stereocenters. The Morgan fingerprint density at radius 3 is 2.58 bits per heavy atom. The minimum atomic E-state index is -0.514. The fourth-order valence-corrected chi connectivity index (χ4v) is 2.40. The lowest BCUT2D eigenvalue weighted by Gasteiger charge is -2.08. The molecule has 6 heteroatoms. The molecule has 0 aliphatic rings. The Morgan fingerprint density at radius 1 is 1.27 bits per heavy atom. The number of carbonyl (C=O) groups is 1. The number of anilines is 1. The van der Waals surface area contributed by atoms with Gasteiger partial charge in [-0.1, -0.05) is 30.7 Å². The fraction of sp³-hybridized carbons (Fsp3) is 0.200. The second kappa shape index (κ2) is 9.50. The minimum absolute atomic E-state index is 0.0147. The number of ether oxygens (including phenoxy) is 2. The largest absolute Gasteiger partial charge is 0.495 e. The van der Waals surface area contributed by atoms with Crippen LogP contribution in [-0.4, -0.2) is 19.6 Å². The molecule has 1 N–H and O–H groups in total. The zero-order valence-corrected chi connectivity index (χ0v) is 15.3. The summed E-state index contributed by atoms with van der Waals surface area (Å²) >= 11 is 6.04. The molecule has 134 valence electrons.